The number of nitrogen functional groups attached to an aromatic ring is 1. The van der Waals surface area contributed by atoms with Crippen molar-refractivity contribution in [1.82, 2.24) is 14.9 Å². The summed E-state index contributed by atoms with van der Waals surface area (Å²) in [4.78, 5) is 12.4. The number of hydrogen-bond donors (Lipinski definition) is 3. The summed E-state index contributed by atoms with van der Waals surface area (Å²) in [6.07, 6.45) is 0. The van der Waals surface area contributed by atoms with Crippen LogP contribution in [0, 0.1) is 0 Å². The van der Waals surface area contributed by atoms with E-state index in [1.165, 1.54) is 11.8 Å². The van der Waals surface area contributed by atoms with Crippen molar-refractivity contribution >= 4 is 35.0 Å². The lowest BCUT2D eigenvalue weighted by molar-refractivity contribution is -0.113. The topological polar surface area (TPSA) is 147 Å². The van der Waals surface area contributed by atoms with Crippen LogP contribution in [0.25, 0.3) is 0 Å². The number of hydrazone groups is 1. The molecule has 13 heteroatoms. The molecule has 0 aliphatic carbocycles. The number of carbonyl (C=O) groups excluding carboxylic acids is 1. The van der Waals surface area contributed by atoms with Gasteiger partial charge in [0.2, 0.25) is 11.1 Å². The summed E-state index contributed by atoms with van der Waals surface area (Å²) in [6.45, 7) is 1.82. The zero-order valence-corrected chi connectivity index (χ0v) is 20.8. The van der Waals surface area contributed by atoms with Gasteiger partial charge in [-0.05, 0) is 37.3 Å². The van der Waals surface area contributed by atoms with Crippen LogP contribution in [0.4, 0.5) is 11.6 Å². The smallest absolute Gasteiger partial charge is 0.264 e. The van der Waals surface area contributed by atoms with E-state index in [1.54, 1.807) is 45.6 Å². The van der Waals surface area contributed by atoms with Crippen molar-refractivity contribution in [1.29, 1.82) is 0 Å². The summed E-state index contributed by atoms with van der Waals surface area (Å²) in [7, 11) is 6.21. The summed E-state index contributed by atoms with van der Waals surface area (Å²) >= 11 is 1.13. The Morgan fingerprint density at radius 2 is 1.60 bits per heavy atom. The molecular weight excluding hydrogens is 474 g/mol. The molecule has 2 aromatic carbocycles. The van der Waals surface area contributed by atoms with Gasteiger partial charge < -0.3 is 30.1 Å². The van der Waals surface area contributed by atoms with E-state index in [0.717, 1.165) is 17.3 Å². The van der Waals surface area contributed by atoms with Crippen LogP contribution in [0.1, 0.15) is 12.5 Å². The number of aromatic nitrogens is 3. The first kappa shape index (κ1) is 25.5. The number of anilines is 2. The molecule has 0 fully saturated rings. The highest BCUT2D eigenvalue weighted by Gasteiger charge is 2.14. The van der Waals surface area contributed by atoms with E-state index >= 15 is 0 Å². The van der Waals surface area contributed by atoms with E-state index in [4.69, 9.17) is 24.8 Å². The molecular formula is C22H27N7O5S. The fraction of sp³-hybridized carbons (Fsp3) is 0.273. The molecule has 0 bridgehead atoms. The summed E-state index contributed by atoms with van der Waals surface area (Å²) in [5.74, 6) is 8.39. The molecule has 35 heavy (non-hydrogen) atoms. The van der Waals surface area contributed by atoms with Crippen LogP contribution in [0.2, 0.25) is 0 Å². The normalized spacial score (nSPS) is 11.1. The molecule has 0 unspecified atom stereocenters. The summed E-state index contributed by atoms with van der Waals surface area (Å²) in [5.41, 5.74) is 4.85. The molecule has 0 aliphatic rings. The molecule has 3 aromatic rings. The minimum Gasteiger partial charge on any atom is -0.493 e. The molecule has 0 aliphatic heterocycles. The van der Waals surface area contributed by atoms with Gasteiger partial charge >= 0.3 is 0 Å². The number of thioether (sulfide) groups is 1. The number of nitrogens with two attached hydrogens (primary N) is 1. The number of carbonyl (C=O) groups is 1. The summed E-state index contributed by atoms with van der Waals surface area (Å²) in [6, 6.07) is 10.6. The van der Waals surface area contributed by atoms with Gasteiger partial charge in [0.25, 0.3) is 5.95 Å². The molecule has 186 valence electrons. The molecule has 3 rings (SSSR count). The van der Waals surface area contributed by atoms with Gasteiger partial charge in [0.05, 0.1) is 39.9 Å². The maximum atomic E-state index is 12.4. The van der Waals surface area contributed by atoms with E-state index in [-0.39, 0.29) is 17.6 Å². The molecule has 0 atom stereocenters. The zero-order chi connectivity index (χ0) is 25.4. The Morgan fingerprint density at radius 1 is 0.971 bits per heavy atom. The molecule has 1 heterocycles. The minimum absolute atomic E-state index is 0.0671. The molecule has 12 nitrogen and oxygen atoms in total. The van der Waals surface area contributed by atoms with Gasteiger partial charge in [0, 0.05) is 17.3 Å². The molecule has 0 saturated heterocycles. The van der Waals surface area contributed by atoms with Crippen LogP contribution in [0.3, 0.4) is 0 Å². The predicted molar refractivity (Wildman–Crippen MR) is 134 cm³/mol. The number of hydrogen-bond acceptors (Lipinski definition) is 11. The van der Waals surface area contributed by atoms with Crippen molar-refractivity contribution in [3.8, 4) is 23.0 Å². The lowest BCUT2D eigenvalue weighted by Crippen LogP contribution is -2.17. The SMILES string of the molecule is COc1ccc(NC(=O)CSc2nnc(N/N=C(\C)c3ccc(OC)c(OC)c3)n2N)cc1OC. The maximum absolute atomic E-state index is 12.4. The van der Waals surface area contributed by atoms with E-state index in [2.05, 4.69) is 26.0 Å². The Hall–Kier alpha value is -4.13. The first-order valence-corrected chi connectivity index (χ1v) is 11.3. The Morgan fingerprint density at radius 3 is 2.26 bits per heavy atom. The number of nitrogens with one attached hydrogen (secondary N) is 2. The fourth-order valence-electron chi connectivity index (χ4n) is 2.95. The molecule has 0 spiro atoms. The summed E-state index contributed by atoms with van der Waals surface area (Å²) < 4.78 is 22.2. The Labute approximate surface area is 206 Å². The standard InChI is InChI=1S/C22H27N7O5S/c1-13(14-6-8-16(31-2)18(10-14)33-4)25-26-21-27-28-22(29(21)23)35-12-20(30)24-15-7-9-17(32-3)19(11-15)34-5/h6-11H,12,23H2,1-5H3,(H,24,30)(H,26,27)/b25-13+. The highest BCUT2D eigenvalue weighted by molar-refractivity contribution is 7.99. The van der Waals surface area contributed by atoms with E-state index in [9.17, 15) is 4.79 Å². The molecule has 1 aromatic heterocycles. The van der Waals surface area contributed by atoms with E-state index in [1.807, 2.05) is 19.1 Å². The summed E-state index contributed by atoms with van der Waals surface area (Å²) in [5, 5.41) is 15.4. The van der Waals surface area contributed by atoms with Gasteiger partial charge in [-0.1, -0.05) is 11.8 Å². The average Bonchev–Trinajstić information content (AvgIpc) is 3.24. The van der Waals surface area contributed by atoms with Crippen LogP contribution in [0.5, 0.6) is 23.0 Å². The van der Waals surface area contributed by atoms with Crippen molar-refractivity contribution in [3.63, 3.8) is 0 Å². The lowest BCUT2D eigenvalue weighted by Gasteiger charge is -2.10. The van der Waals surface area contributed by atoms with Crippen LogP contribution in [-0.2, 0) is 4.79 Å². The van der Waals surface area contributed by atoms with Crippen molar-refractivity contribution in [2.75, 3.05) is 50.8 Å². The van der Waals surface area contributed by atoms with Crippen LogP contribution >= 0.6 is 11.8 Å². The van der Waals surface area contributed by atoms with E-state index < -0.39 is 0 Å². The number of methoxy groups -OCH3 is 4. The number of amides is 1. The third kappa shape index (κ3) is 6.26. The van der Waals surface area contributed by atoms with Gasteiger partial charge in [0.1, 0.15) is 0 Å². The second-order valence-corrected chi connectivity index (χ2v) is 7.90. The van der Waals surface area contributed by atoms with Gasteiger partial charge in [0.15, 0.2) is 23.0 Å². The van der Waals surface area contributed by atoms with Crippen molar-refractivity contribution in [2.24, 2.45) is 5.10 Å². The number of rotatable bonds is 11. The van der Waals surface area contributed by atoms with Crippen molar-refractivity contribution in [2.45, 2.75) is 12.1 Å². The van der Waals surface area contributed by atoms with Crippen molar-refractivity contribution in [3.05, 3.63) is 42.0 Å². The second kappa shape index (κ2) is 11.8. The largest absolute Gasteiger partial charge is 0.493 e. The quantitative estimate of drug-likeness (QED) is 0.155. The van der Waals surface area contributed by atoms with Crippen LogP contribution in [0.15, 0.2) is 46.7 Å². The molecule has 0 saturated carbocycles. The van der Waals surface area contributed by atoms with Gasteiger partial charge in [-0.15, -0.1) is 10.2 Å². The number of nitrogens with zero attached hydrogens (tertiary/aromatic N) is 4. The lowest BCUT2D eigenvalue weighted by atomic mass is 10.1. The second-order valence-electron chi connectivity index (χ2n) is 6.96. The monoisotopic (exact) mass is 501 g/mol. The Balaban J connectivity index is 1.59. The Bertz CT molecular complexity index is 1210. The average molecular weight is 502 g/mol. The van der Waals surface area contributed by atoms with Crippen LogP contribution < -0.4 is 35.5 Å². The molecule has 4 N–H and O–H groups in total. The first-order valence-electron chi connectivity index (χ1n) is 10.3. The third-order valence-electron chi connectivity index (χ3n) is 4.79. The predicted octanol–water partition coefficient (Wildman–Crippen LogP) is 2.59. The first-order chi connectivity index (χ1) is 16.9. The highest BCUT2D eigenvalue weighted by atomic mass is 32.2. The Kier molecular flexibility index (Phi) is 8.62. The van der Waals surface area contributed by atoms with Crippen molar-refractivity contribution < 1.29 is 23.7 Å². The zero-order valence-electron chi connectivity index (χ0n) is 20.0. The number of benzene rings is 2. The third-order valence-corrected chi connectivity index (χ3v) is 5.73. The van der Waals surface area contributed by atoms with Gasteiger partial charge in [-0.3, -0.25) is 4.79 Å². The molecule has 1 amide bonds. The van der Waals surface area contributed by atoms with E-state index in [0.29, 0.717) is 39.6 Å². The van der Waals surface area contributed by atoms with Gasteiger partial charge in [-0.25, -0.2) is 10.1 Å². The van der Waals surface area contributed by atoms with Crippen LogP contribution in [-0.4, -0.2) is 60.7 Å². The molecule has 0 radical (unpaired) electrons. The van der Waals surface area contributed by atoms with Gasteiger partial charge in [-0.2, -0.15) is 5.10 Å². The minimum atomic E-state index is -0.248. The fourth-order valence-corrected chi connectivity index (χ4v) is 3.61. The highest BCUT2D eigenvalue weighted by Crippen LogP contribution is 2.30. The number of ether oxygens (including phenoxy) is 4. The maximum Gasteiger partial charge on any atom is 0.264 e.